The van der Waals surface area contributed by atoms with Crippen LogP contribution in [0.2, 0.25) is 0 Å². The Balaban J connectivity index is 2.10. The summed E-state index contributed by atoms with van der Waals surface area (Å²) >= 11 is 0. The molecule has 0 aliphatic heterocycles. The van der Waals surface area contributed by atoms with Crippen LogP contribution in [0.4, 0.5) is 0 Å². The van der Waals surface area contributed by atoms with E-state index in [4.69, 9.17) is 5.11 Å². The number of aliphatic hydroxyl groups excluding tert-OH is 1. The lowest BCUT2D eigenvalue weighted by Crippen LogP contribution is -2.29. The molecule has 0 heterocycles. The first-order valence-electron chi connectivity index (χ1n) is 6.53. The summed E-state index contributed by atoms with van der Waals surface area (Å²) in [6.45, 7) is 4.66. The van der Waals surface area contributed by atoms with E-state index >= 15 is 0 Å². The van der Waals surface area contributed by atoms with Gasteiger partial charge in [0.15, 0.2) is 0 Å². The fraction of sp³-hybridized carbons (Fsp3) is 0.438. The van der Waals surface area contributed by atoms with Gasteiger partial charge in [0.2, 0.25) is 0 Å². The molecule has 1 aromatic rings. The van der Waals surface area contributed by atoms with E-state index in [0.717, 1.165) is 17.7 Å². The van der Waals surface area contributed by atoms with Crippen molar-refractivity contribution in [2.75, 3.05) is 13.2 Å². The number of carbonyl (C=O) groups is 1. The Kier molecular flexibility index (Phi) is 3.92. The summed E-state index contributed by atoms with van der Waals surface area (Å²) < 4.78 is 0. The molecule has 100 valence electrons. The maximum Gasteiger partial charge on any atom is 0.251 e. The van der Waals surface area contributed by atoms with Crippen LogP contribution < -0.4 is 5.32 Å². The quantitative estimate of drug-likeness (QED) is 0.812. The van der Waals surface area contributed by atoms with E-state index in [-0.39, 0.29) is 12.5 Å². The maximum atomic E-state index is 12.2. The van der Waals surface area contributed by atoms with Crippen molar-refractivity contribution in [3.05, 3.63) is 34.9 Å². The van der Waals surface area contributed by atoms with Crippen LogP contribution in [0.25, 0.3) is 0 Å². The molecule has 0 unspecified atom stereocenters. The molecule has 1 aliphatic carbocycles. The van der Waals surface area contributed by atoms with Gasteiger partial charge in [0.25, 0.3) is 5.91 Å². The molecule has 0 atom stereocenters. The van der Waals surface area contributed by atoms with Gasteiger partial charge in [-0.15, -0.1) is 0 Å². The minimum Gasteiger partial charge on any atom is -0.384 e. The molecule has 1 aromatic carbocycles. The summed E-state index contributed by atoms with van der Waals surface area (Å²) in [5.74, 6) is 5.37. The number of carbonyl (C=O) groups excluding carboxylic acids is 1. The molecule has 0 aromatic heterocycles. The number of nitrogens with one attached hydrogen (secondary N) is 1. The summed E-state index contributed by atoms with van der Waals surface area (Å²) in [4.78, 5) is 12.2. The van der Waals surface area contributed by atoms with Crippen LogP contribution in [0.1, 0.15) is 41.3 Å². The normalized spacial score (nSPS) is 15.3. The van der Waals surface area contributed by atoms with Crippen molar-refractivity contribution in [3.8, 4) is 11.8 Å². The smallest absolute Gasteiger partial charge is 0.251 e. The Labute approximate surface area is 114 Å². The molecule has 1 saturated carbocycles. The summed E-state index contributed by atoms with van der Waals surface area (Å²) in [5.41, 5.74) is 2.65. The molecule has 1 amide bonds. The minimum atomic E-state index is -0.173. The first kappa shape index (κ1) is 13.6. The molecule has 19 heavy (non-hydrogen) atoms. The highest BCUT2D eigenvalue weighted by Crippen LogP contribution is 2.44. The first-order chi connectivity index (χ1) is 9.04. The molecule has 0 spiro atoms. The van der Waals surface area contributed by atoms with Gasteiger partial charge in [0, 0.05) is 17.7 Å². The molecule has 0 bridgehead atoms. The average molecular weight is 257 g/mol. The molecule has 1 aliphatic rings. The summed E-state index contributed by atoms with van der Waals surface area (Å²) in [6, 6.07) is 5.52. The highest BCUT2D eigenvalue weighted by atomic mass is 16.2. The number of benzene rings is 1. The van der Waals surface area contributed by atoms with Crippen LogP contribution in [0, 0.1) is 24.2 Å². The molecule has 2 rings (SSSR count). The van der Waals surface area contributed by atoms with Crippen LogP contribution in [-0.4, -0.2) is 24.2 Å². The van der Waals surface area contributed by atoms with Crippen molar-refractivity contribution in [2.45, 2.75) is 26.7 Å². The molecule has 1 fully saturated rings. The maximum absolute atomic E-state index is 12.2. The molecule has 2 N–H and O–H groups in total. The highest BCUT2D eigenvalue weighted by molar-refractivity contribution is 5.96. The van der Waals surface area contributed by atoms with E-state index in [1.165, 1.54) is 12.8 Å². The van der Waals surface area contributed by atoms with Crippen molar-refractivity contribution in [1.29, 1.82) is 0 Å². The molecule has 0 radical (unpaired) electrons. The number of hydrogen-bond acceptors (Lipinski definition) is 2. The molecular weight excluding hydrogens is 238 g/mol. The summed E-state index contributed by atoms with van der Waals surface area (Å²) in [7, 11) is 0. The zero-order chi connectivity index (χ0) is 13.9. The van der Waals surface area contributed by atoms with Gasteiger partial charge in [0.1, 0.15) is 6.61 Å². The largest absolute Gasteiger partial charge is 0.384 e. The van der Waals surface area contributed by atoms with Gasteiger partial charge in [-0.2, -0.15) is 0 Å². The van der Waals surface area contributed by atoms with Crippen LogP contribution in [0.3, 0.4) is 0 Å². The Hall–Kier alpha value is -1.79. The van der Waals surface area contributed by atoms with Gasteiger partial charge in [-0.05, 0) is 42.9 Å². The average Bonchev–Trinajstić information content (AvgIpc) is 3.13. The van der Waals surface area contributed by atoms with Gasteiger partial charge in [-0.1, -0.05) is 24.8 Å². The number of aliphatic hydroxyl groups is 1. The highest BCUT2D eigenvalue weighted by Gasteiger charge is 2.37. The Morgan fingerprint density at radius 2 is 2.21 bits per heavy atom. The first-order valence-corrected chi connectivity index (χ1v) is 6.53. The van der Waals surface area contributed by atoms with Crippen LogP contribution >= 0.6 is 0 Å². The topological polar surface area (TPSA) is 49.3 Å². The Bertz CT molecular complexity index is 548. The minimum absolute atomic E-state index is 0.0433. The second kappa shape index (κ2) is 5.46. The molecule has 0 saturated heterocycles. The van der Waals surface area contributed by atoms with Gasteiger partial charge in [0.05, 0.1) is 0 Å². The van der Waals surface area contributed by atoms with E-state index in [0.29, 0.717) is 11.0 Å². The third kappa shape index (κ3) is 3.59. The Morgan fingerprint density at radius 3 is 2.84 bits per heavy atom. The van der Waals surface area contributed by atoms with Crippen molar-refractivity contribution < 1.29 is 9.90 Å². The lowest BCUT2D eigenvalue weighted by Gasteiger charge is -2.11. The summed E-state index contributed by atoms with van der Waals surface area (Å²) in [5, 5.41) is 11.7. The third-order valence-corrected chi connectivity index (χ3v) is 3.57. The second-order valence-electron chi connectivity index (χ2n) is 5.48. The number of rotatable bonds is 3. The van der Waals surface area contributed by atoms with E-state index in [1.807, 2.05) is 19.1 Å². The zero-order valence-corrected chi connectivity index (χ0v) is 11.4. The predicted octanol–water partition coefficient (Wildman–Crippen LogP) is 1.87. The second-order valence-corrected chi connectivity index (χ2v) is 5.48. The SMILES string of the molecule is Cc1ccc(C#CCO)cc1C(=O)NCC1(C)CC1. The van der Waals surface area contributed by atoms with Gasteiger partial charge in [-0.25, -0.2) is 0 Å². The lowest BCUT2D eigenvalue weighted by atomic mass is 10.0. The van der Waals surface area contributed by atoms with Crippen molar-refractivity contribution in [2.24, 2.45) is 5.41 Å². The van der Waals surface area contributed by atoms with Crippen LogP contribution in [0.5, 0.6) is 0 Å². The van der Waals surface area contributed by atoms with Crippen LogP contribution in [-0.2, 0) is 0 Å². The number of hydrogen-bond donors (Lipinski definition) is 2. The lowest BCUT2D eigenvalue weighted by molar-refractivity contribution is 0.0945. The molecule has 3 heteroatoms. The van der Waals surface area contributed by atoms with Crippen molar-refractivity contribution in [1.82, 2.24) is 5.32 Å². The van der Waals surface area contributed by atoms with Crippen LogP contribution in [0.15, 0.2) is 18.2 Å². The van der Waals surface area contributed by atoms with Gasteiger partial charge in [-0.3, -0.25) is 4.79 Å². The monoisotopic (exact) mass is 257 g/mol. The van der Waals surface area contributed by atoms with E-state index < -0.39 is 0 Å². The van der Waals surface area contributed by atoms with Gasteiger partial charge < -0.3 is 10.4 Å². The standard InChI is InChI=1S/C16H19NO2/c1-12-5-6-13(4-3-9-18)10-14(12)15(19)17-11-16(2)7-8-16/h5-6,10,18H,7-9,11H2,1-2H3,(H,17,19). The zero-order valence-electron chi connectivity index (χ0n) is 11.4. The third-order valence-electron chi connectivity index (χ3n) is 3.57. The van der Waals surface area contributed by atoms with Gasteiger partial charge >= 0.3 is 0 Å². The fourth-order valence-electron chi connectivity index (χ4n) is 1.87. The number of amides is 1. The fourth-order valence-corrected chi connectivity index (χ4v) is 1.87. The van der Waals surface area contributed by atoms with E-state index in [1.54, 1.807) is 6.07 Å². The van der Waals surface area contributed by atoms with E-state index in [2.05, 4.69) is 24.1 Å². The molecular formula is C16H19NO2. The van der Waals surface area contributed by atoms with E-state index in [9.17, 15) is 4.79 Å². The Morgan fingerprint density at radius 1 is 1.47 bits per heavy atom. The predicted molar refractivity (Wildman–Crippen MR) is 74.8 cm³/mol. The summed E-state index contributed by atoms with van der Waals surface area (Å²) in [6.07, 6.45) is 2.38. The van der Waals surface area contributed by atoms with Crippen molar-refractivity contribution in [3.63, 3.8) is 0 Å². The van der Waals surface area contributed by atoms with Crippen molar-refractivity contribution >= 4 is 5.91 Å². The molecule has 3 nitrogen and oxygen atoms in total. The number of aryl methyl sites for hydroxylation is 1.